The number of halogens is 1. The molecule has 2 aliphatic rings. The van der Waals surface area contributed by atoms with Crippen LogP contribution in [-0.4, -0.2) is 46.5 Å². The van der Waals surface area contributed by atoms with Gasteiger partial charge in [-0.2, -0.15) is 0 Å². The first-order valence-electron chi connectivity index (χ1n) is 12.8. The molecule has 202 valence electrons. The van der Waals surface area contributed by atoms with E-state index in [1.807, 2.05) is 6.07 Å². The summed E-state index contributed by atoms with van der Waals surface area (Å²) in [5.74, 6) is 0.360. The van der Waals surface area contributed by atoms with Crippen molar-refractivity contribution in [2.45, 2.75) is 44.3 Å². The first-order valence-corrected chi connectivity index (χ1v) is 14.4. The summed E-state index contributed by atoms with van der Waals surface area (Å²) in [5, 5.41) is 0.784. The molecule has 0 bridgehead atoms. The molecule has 2 aromatic carbocycles. The lowest BCUT2D eigenvalue weighted by Crippen LogP contribution is -2.31. The molecule has 1 aliphatic heterocycles. The van der Waals surface area contributed by atoms with Crippen molar-refractivity contribution in [2.75, 3.05) is 26.3 Å². The lowest BCUT2D eigenvalue weighted by molar-refractivity contribution is -0.143. The van der Waals surface area contributed by atoms with Crippen molar-refractivity contribution in [3.05, 3.63) is 58.9 Å². The molecule has 0 radical (unpaired) electrons. The Hall–Kier alpha value is -3.28. The van der Waals surface area contributed by atoms with E-state index >= 15 is 0 Å². The molecule has 0 spiro atoms. The maximum Gasteiger partial charge on any atom is 0.305 e. The normalized spacial score (nSPS) is 15.8. The topological polar surface area (TPSA) is 119 Å². The van der Waals surface area contributed by atoms with Gasteiger partial charge in [-0.25, -0.2) is 23.0 Å². The van der Waals surface area contributed by atoms with Crippen molar-refractivity contribution in [3.8, 4) is 11.3 Å². The highest BCUT2D eigenvalue weighted by Crippen LogP contribution is 2.45. The molecule has 0 unspecified atom stereocenters. The van der Waals surface area contributed by atoms with Gasteiger partial charge < -0.3 is 9.15 Å². The molecule has 38 heavy (non-hydrogen) atoms. The third-order valence-corrected chi connectivity index (χ3v) is 7.81. The maximum atomic E-state index is 13.6. The number of hydroxylamine groups is 1. The van der Waals surface area contributed by atoms with Crippen LogP contribution in [0.3, 0.4) is 0 Å². The van der Waals surface area contributed by atoms with Gasteiger partial charge in [0.25, 0.3) is 0 Å². The zero-order valence-corrected chi connectivity index (χ0v) is 21.9. The van der Waals surface area contributed by atoms with Crippen LogP contribution in [0.1, 0.15) is 55.2 Å². The van der Waals surface area contributed by atoms with Crippen LogP contribution in [0, 0.1) is 5.82 Å². The Morgan fingerprint density at radius 2 is 2.03 bits per heavy atom. The minimum absolute atomic E-state index is 0.146. The molecule has 2 N–H and O–H groups in total. The molecule has 0 atom stereocenters. The lowest BCUT2D eigenvalue weighted by Gasteiger charge is -2.15. The molecule has 3 aromatic rings. The zero-order valence-electron chi connectivity index (χ0n) is 21.1. The first kappa shape index (κ1) is 26.3. The van der Waals surface area contributed by atoms with Gasteiger partial charge in [-0.05, 0) is 79.6 Å². The van der Waals surface area contributed by atoms with Gasteiger partial charge >= 0.3 is 5.97 Å². The van der Waals surface area contributed by atoms with Crippen LogP contribution in [0.5, 0.6) is 0 Å². The van der Waals surface area contributed by atoms with E-state index in [-0.39, 0.29) is 36.4 Å². The molecule has 0 amide bonds. The Balaban J connectivity index is 1.48. The van der Waals surface area contributed by atoms with Crippen molar-refractivity contribution < 1.29 is 31.6 Å². The molecular weight excluding hydrogens is 513 g/mol. The number of hydrogen-bond donors (Lipinski definition) is 2. The number of aliphatic imine (C=N–C) groups is 1. The smallest absolute Gasteiger partial charge is 0.305 e. The highest BCUT2D eigenvalue weighted by molar-refractivity contribution is 7.88. The second-order valence-corrected chi connectivity index (χ2v) is 11.2. The molecule has 9 nitrogen and oxygen atoms in total. The Labute approximate surface area is 220 Å². The monoisotopic (exact) mass is 543 g/mol. The molecule has 2 heterocycles. The molecule has 1 aromatic heterocycles. The van der Waals surface area contributed by atoms with Gasteiger partial charge in [0.05, 0.1) is 31.1 Å². The predicted octanol–water partition coefficient (Wildman–Crippen LogP) is 4.16. The largest absolute Gasteiger partial charge is 0.466 e. The van der Waals surface area contributed by atoms with Crippen LogP contribution < -0.4 is 10.2 Å². The average Bonchev–Trinajstić information content (AvgIpc) is 3.68. The van der Waals surface area contributed by atoms with E-state index in [0.717, 1.165) is 23.8 Å². The third kappa shape index (κ3) is 6.06. The van der Waals surface area contributed by atoms with E-state index in [4.69, 9.17) is 14.0 Å². The maximum absolute atomic E-state index is 13.6. The average molecular weight is 544 g/mol. The van der Waals surface area contributed by atoms with Gasteiger partial charge in [0, 0.05) is 23.9 Å². The number of amidine groups is 1. The summed E-state index contributed by atoms with van der Waals surface area (Å²) in [7, 11) is -3.66. The van der Waals surface area contributed by atoms with Crippen LogP contribution >= 0.6 is 0 Å². The van der Waals surface area contributed by atoms with Crippen molar-refractivity contribution in [3.63, 3.8) is 0 Å². The number of nitrogens with one attached hydrogen (secondary N) is 2. The standard InChI is InChI=1S/C27H30FN3O6S/c1-2-35-24(32)4-3-11-30-38(33,34)16-19-14-23-22(15-21(19)17-5-6-17)25(27-29-12-13-36-31-27)26(37-23)18-7-9-20(28)10-8-18/h7-10,14-15,17,30H,2-6,11-13,16H2,1H3,(H,29,31). The third-order valence-electron chi connectivity index (χ3n) is 6.47. The number of ether oxygens (including phenoxy) is 1. The van der Waals surface area contributed by atoms with Gasteiger partial charge in [0.1, 0.15) is 17.2 Å². The number of nitrogens with zero attached hydrogens (tertiary/aromatic N) is 1. The lowest BCUT2D eigenvalue weighted by atomic mass is 9.98. The fourth-order valence-corrected chi connectivity index (χ4v) is 5.79. The number of sulfonamides is 1. The Kier molecular flexibility index (Phi) is 7.78. The number of hydrogen-bond acceptors (Lipinski definition) is 8. The zero-order chi connectivity index (χ0) is 26.7. The Morgan fingerprint density at radius 3 is 2.71 bits per heavy atom. The number of carbonyl (C=O) groups is 1. The molecule has 1 fully saturated rings. The van der Waals surface area contributed by atoms with Gasteiger partial charge in [-0.3, -0.25) is 14.6 Å². The number of rotatable bonds is 11. The predicted molar refractivity (Wildman–Crippen MR) is 141 cm³/mol. The summed E-state index contributed by atoms with van der Waals surface area (Å²) in [5.41, 5.74) is 6.36. The van der Waals surface area contributed by atoms with Crippen LogP contribution in [-0.2, 0) is 30.1 Å². The Morgan fingerprint density at radius 1 is 1.24 bits per heavy atom. The fraction of sp³-hybridized carbons (Fsp3) is 0.407. The Bertz CT molecular complexity index is 1460. The van der Waals surface area contributed by atoms with E-state index in [1.54, 1.807) is 25.1 Å². The summed E-state index contributed by atoms with van der Waals surface area (Å²) < 4.78 is 53.3. The molecule has 5 rings (SSSR count). The molecule has 11 heteroatoms. The molecular formula is C27H30FN3O6S. The van der Waals surface area contributed by atoms with E-state index in [9.17, 15) is 17.6 Å². The number of furan rings is 1. The minimum Gasteiger partial charge on any atom is -0.466 e. The number of carbonyl (C=O) groups excluding carboxylic acids is 1. The summed E-state index contributed by atoms with van der Waals surface area (Å²) in [6, 6.07) is 9.76. The highest BCUT2D eigenvalue weighted by Gasteiger charge is 2.31. The molecule has 1 aliphatic carbocycles. The SMILES string of the molecule is CCOC(=O)CCCNS(=O)(=O)Cc1cc2oc(-c3ccc(F)cc3)c(C3=NCCON3)c2cc1C1CC1. The fourth-order valence-electron chi connectivity index (χ4n) is 4.57. The molecule has 1 saturated carbocycles. The van der Waals surface area contributed by atoms with Crippen molar-refractivity contribution in [1.82, 2.24) is 10.2 Å². The van der Waals surface area contributed by atoms with E-state index in [2.05, 4.69) is 15.2 Å². The van der Waals surface area contributed by atoms with Crippen LogP contribution in [0.15, 0.2) is 45.8 Å². The quantitative estimate of drug-likeness (QED) is 0.275. The first-order chi connectivity index (χ1) is 18.3. The van der Waals surface area contributed by atoms with Crippen LogP contribution in [0.2, 0.25) is 0 Å². The molecule has 0 saturated heterocycles. The van der Waals surface area contributed by atoms with E-state index in [0.29, 0.717) is 60.0 Å². The minimum atomic E-state index is -3.66. The van der Waals surface area contributed by atoms with Gasteiger partial charge in [-0.1, -0.05) is 0 Å². The summed E-state index contributed by atoms with van der Waals surface area (Å²) in [6.07, 6.45) is 2.46. The summed E-state index contributed by atoms with van der Waals surface area (Å²) >= 11 is 0. The number of benzene rings is 2. The van der Waals surface area contributed by atoms with E-state index in [1.165, 1.54) is 12.1 Å². The van der Waals surface area contributed by atoms with Crippen molar-refractivity contribution in [2.24, 2.45) is 4.99 Å². The summed E-state index contributed by atoms with van der Waals surface area (Å²) in [4.78, 5) is 21.5. The van der Waals surface area contributed by atoms with Gasteiger partial charge in [0.15, 0.2) is 5.84 Å². The van der Waals surface area contributed by atoms with Crippen molar-refractivity contribution >= 4 is 32.8 Å². The van der Waals surface area contributed by atoms with Gasteiger partial charge in [-0.15, -0.1) is 0 Å². The van der Waals surface area contributed by atoms with E-state index < -0.39 is 10.0 Å². The van der Waals surface area contributed by atoms with Crippen LogP contribution in [0.4, 0.5) is 4.39 Å². The van der Waals surface area contributed by atoms with Crippen molar-refractivity contribution in [1.29, 1.82) is 0 Å². The van der Waals surface area contributed by atoms with Gasteiger partial charge in [0.2, 0.25) is 10.0 Å². The van der Waals surface area contributed by atoms with Crippen LogP contribution in [0.25, 0.3) is 22.3 Å². The second kappa shape index (κ2) is 11.2. The number of fused-ring (bicyclic) bond motifs is 1. The number of esters is 1. The second-order valence-electron chi connectivity index (χ2n) is 9.38. The highest BCUT2D eigenvalue weighted by atomic mass is 32.2. The summed E-state index contributed by atoms with van der Waals surface area (Å²) in [6.45, 7) is 3.09.